The van der Waals surface area contributed by atoms with Gasteiger partial charge in [0.2, 0.25) is 0 Å². The van der Waals surface area contributed by atoms with Crippen molar-refractivity contribution in [2.75, 3.05) is 0 Å². The lowest BCUT2D eigenvalue weighted by Gasteiger charge is -2.17. The van der Waals surface area contributed by atoms with Gasteiger partial charge in [0.05, 0.1) is 24.8 Å². The molecule has 1 atom stereocenters. The van der Waals surface area contributed by atoms with Crippen molar-refractivity contribution in [3.63, 3.8) is 0 Å². The Morgan fingerprint density at radius 2 is 2.35 bits per heavy atom. The Labute approximate surface area is 99.4 Å². The van der Waals surface area contributed by atoms with Crippen LogP contribution in [-0.4, -0.2) is 6.10 Å². The summed E-state index contributed by atoms with van der Waals surface area (Å²) in [4.78, 5) is 0. The molecule has 0 bridgehead atoms. The van der Waals surface area contributed by atoms with Crippen molar-refractivity contribution in [3.8, 4) is 0 Å². The van der Waals surface area contributed by atoms with Crippen LogP contribution in [0.4, 0.5) is 0 Å². The van der Waals surface area contributed by atoms with Crippen LogP contribution in [0.3, 0.4) is 0 Å². The highest BCUT2D eigenvalue weighted by atomic mass is 16.5. The smallest absolute Gasteiger partial charge is 0.165 e. The molecule has 90 valence electrons. The number of hydrogen-bond donors (Lipinski definition) is 3. The van der Waals surface area contributed by atoms with E-state index in [4.69, 9.17) is 20.6 Å². The van der Waals surface area contributed by atoms with Crippen LogP contribution < -0.4 is 16.8 Å². The molecule has 0 fully saturated rings. The summed E-state index contributed by atoms with van der Waals surface area (Å²) in [7, 11) is 0. The van der Waals surface area contributed by atoms with Crippen LogP contribution in [0.2, 0.25) is 0 Å². The van der Waals surface area contributed by atoms with Crippen LogP contribution in [0, 0.1) is 0 Å². The zero-order valence-electron chi connectivity index (χ0n) is 9.30. The van der Waals surface area contributed by atoms with Gasteiger partial charge >= 0.3 is 0 Å². The average molecular weight is 233 g/mol. The quantitative estimate of drug-likeness (QED) is 0.720. The summed E-state index contributed by atoms with van der Waals surface area (Å²) in [6.45, 7) is 0.549. The summed E-state index contributed by atoms with van der Waals surface area (Å²) in [5, 5.41) is 3.16. The number of nitrogens with two attached hydrogens (primary N) is 2. The summed E-state index contributed by atoms with van der Waals surface area (Å²) in [6, 6.07) is 3.72. The third-order valence-corrected chi connectivity index (χ3v) is 2.48. The molecule has 2 rings (SSSR count). The van der Waals surface area contributed by atoms with E-state index in [9.17, 15) is 0 Å². The van der Waals surface area contributed by atoms with Crippen molar-refractivity contribution in [1.29, 1.82) is 0 Å². The third-order valence-electron chi connectivity index (χ3n) is 2.48. The molecule has 0 spiro atoms. The van der Waals surface area contributed by atoms with Crippen molar-refractivity contribution in [2.24, 2.45) is 11.5 Å². The summed E-state index contributed by atoms with van der Waals surface area (Å²) in [5.41, 5.74) is 12.7. The van der Waals surface area contributed by atoms with Gasteiger partial charge in [0.1, 0.15) is 5.76 Å². The first-order chi connectivity index (χ1) is 8.35. The van der Waals surface area contributed by atoms with Crippen molar-refractivity contribution < 1.29 is 9.15 Å². The van der Waals surface area contributed by atoms with E-state index in [0.29, 0.717) is 6.54 Å². The zero-order valence-corrected chi connectivity index (χ0v) is 9.30. The molecule has 0 saturated carbocycles. The van der Waals surface area contributed by atoms with Crippen molar-refractivity contribution >= 4 is 0 Å². The molecule has 1 aromatic heterocycles. The molecule has 5 nitrogen and oxygen atoms in total. The molecule has 17 heavy (non-hydrogen) atoms. The molecule has 1 aliphatic rings. The lowest BCUT2D eigenvalue weighted by atomic mass is 10.1. The summed E-state index contributed by atoms with van der Waals surface area (Å²) in [6.07, 6.45) is 7.75. The van der Waals surface area contributed by atoms with E-state index in [1.165, 1.54) is 12.4 Å². The lowest BCUT2D eigenvalue weighted by Crippen LogP contribution is -2.26. The van der Waals surface area contributed by atoms with Gasteiger partial charge < -0.3 is 25.9 Å². The Morgan fingerprint density at radius 3 is 3.00 bits per heavy atom. The molecule has 0 radical (unpaired) electrons. The first-order valence-corrected chi connectivity index (χ1v) is 5.27. The van der Waals surface area contributed by atoms with Gasteiger partial charge in [-0.3, -0.25) is 0 Å². The Balaban J connectivity index is 1.98. The van der Waals surface area contributed by atoms with Crippen LogP contribution in [0.15, 0.2) is 58.8 Å². The Morgan fingerprint density at radius 1 is 1.47 bits per heavy atom. The summed E-state index contributed by atoms with van der Waals surface area (Å²) >= 11 is 0. The number of nitrogens with one attached hydrogen (secondary N) is 1. The molecule has 2 heterocycles. The average Bonchev–Trinajstić information content (AvgIpc) is 3.00. The highest BCUT2D eigenvalue weighted by Gasteiger charge is 2.22. The van der Waals surface area contributed by atoms with Gasteiger partial charge in [-0.1, -0.05) is 0 Å². The predicted molar refractivity (Wildman–Crippen MR) is 64.1 cm³/mol. The highest BCUT2D eigenvalue weighted by Crippen LogP contribution is 2.21. The minimum Gasteiger partial charge on any atom is -0.487 e. The maximum absolute atomic E-state index is 5.58. The van der Waals surface area contributed by atoms with Crippen molar-refractivity contribution in [3.05, 3.63) is 60.2 Å². The predicted octanol–water partition coefficient (Wildman–Crippen LogP) is 0.924. The van der Waals surface area contributed by atoms with Crippen LogP contribution in [0.5, 0.6) is 0 Å². The van der Waals surface area contributed by atoms with Crippen LogP contribution >= 0.6 is 0 Å². The Bertz CT molecular complexity index is 446. The molecule has 5 heteroatoms. The van der Waals surface area contributed by atoms with Gasteiger partial charge in [0, 0.05) is 18.0 Å². The van der Waals surface area contributed by atoms with Gasteiger partial charge in [0.15, 0.2) is 6.10 Å². The maximum atomic E-state index is 5.58. The largest absolute Gasteiger partial charge is 0.487 e. The monoisotopic (exact) mass is 233 g/mol. The SMILES string of the molecule is NC=C1C=COC1C(=CN)NCc1ccco1. The molecular formula is C12H15N3O2. The second kappa shape index (κ2) is 5.16. The van der Waals surface area contributed by atoms with E-state index in [0.717, 1.165) is 17.0 Å². The first-order valence-electron chi connectivity index (χ1n) is 5.27. The number of rotatable bonds is 4. The fraction of sp³-hybridized carbons (Fsp3) is 0.167. The minimum atomic E-state index is -0.264. The normalized spacial score (nSPS) is 21.8. The molecule has 0 aliphatic carbocycles. The molecule has 0 amide bonds. The van der Waals surface area contributed by atoms with Gasteiger partial charge in [-0.15, -0.1) is 0 Å². The van der Waals surface area contributed by atoms with E-state index >= 15 is 0 Å². The first kappa shape index (κ1) is 11.2. The van der Waals surface area contributed by atoms with Gasteiger partial charge in [-0.05, 0) is 18.2 Å². The number of ether oxygens (including phenoxy) is 1. The fourth-order valence-electron chi connectivity index (χ4n) is 1.60. The molecule has 0 saturated heterocycles. The second-order valence-corrected chi connectivity index (χ2v) is 3.54. The minimum absolute atomic E-state index is 0.264. The van der Waals surface area contributed by atoms with E-state index in [-0.39, 0.29) is 6.10 Å². The molecular weight excluding hydrogens is 218 g/mol. The Hall–Kier alpha value is -2.30. The third kappa shape index (κ3) is 2.44. The van der Waals surface area contributed by atoms with Crippen molar-refractivity contribution in [2.45, 2.75) is 12.6 Å². The van der Waals surface area contributed by atoms with Gasteiger partial charge in [-0.25, -0.2) is 0 Å². The van der Waals surface area contributed by atoms with E-state index < -0.39 is 0 Å². The molecule has 0 aromatic carbocycles. The summed E-state index contributed by atoms with van der Waals surface area (Å²) in [5.74, 6) is 0.827. The number of furan rings is 1. The van der Waals surface area contributed by atoms with Gasteiger partial charge in [-0.2, -0.15) is 0 Å². The Kier molecular flexibility index (Phi) is 3.40. The molecule has 1 aliphatic heterocycles. The van der Waals surface area contributed by atoms with Crippen LogP contribution in [-0.2, 0) is 11.3 Å². The van der Waals surface area contributed by atoms with E-state index in [1.54, 1.807) is 12.5 Å². The van der Waals surface area contributed by atoms with Crippen LogP contribution in [0.25, 0.3) is 0 Å². The standard InChI is InChI=1S/C12H15N3O2/c13-6-9-3-5-17-12(9)11(7-14)15-8-10-2-1-4-16-10/h1-7,12,15H,8,13-14H2. The molecule has 1 aromatic rings. The number of hydrogen-bond acceptors (Lipinski definition) is 5. The van der Waals surface area contributed by atoms with Crippen LogP contribution in [0.1, 0.15) is 5.76 Å². The second-order valence-electron chi connectivity index (χ2n) is 3.54. The fourth-order valence-corrected chi connectivity index (χ4v) is 1.60. The van der Waals surface area contributed by atoms with Gasteiger partial charge in [0.25, 0.3) is 0 Å². The lowest BCUT2D eigenvalue weighted by molar-refractivity contribution is 0.219. The van der Waals surface area contributed by atoms with E-state index in [1.807, 2.05) is 18.2 Å². The zero-order chi connectivity index (χ0) is 12.1. The topological polar surface area (TPSA) is 86.4 Å². The molecule has 1 unspecified atom stereocenters. The maximum Gasteiger partial charge on any atom is 0.165 e. The van der Waals surface area contributed by atoms with Crippen molar-refractivity contribution in [1.82, 2.24) is 5.32 Å². The highest BCUT2D eigenvalue weighted by molar-refractivity contribution is 5.33. The van der Waals surface area contributed by atoms with E-state index in [2.05, 4.69) is 5.32 Å². The summed E-state index contributed by atoms with van der Waals surface area (Å²) < 4.78 is 10.6. The molecule has 5 N–H and O–H groups in total.